The van der Waals surface area contributed by atoms with Crippen LogP contribution in [0.3, 0.4) is 0 Å². The van der Waals surface area contributed by atoms with Crippen LogP contribution in [0.15, 0.2) is 18.2 Å². The molecule has 0 aliphatic heterocycles. The van der Waals surface area contributed by atoms with Crippen molar-refractivity contribution >= 4 is 11.7 Å². The maximum atomic E-state index is 10.9. The van der Waals surface area contributed by atoms with Crippen LogP contribution in [0.4, 0.5) is 5.69 Å². The van der Waals surface area contributed by atoms with Crippen LogP contribution in [0.25, 0.3) is 0 Å². The summed E-state index contributed by atoms with van der Waals surface area (Å²) in [6.07, 6.45) is 0.834. The molecule has 0 aliphatic rings. The maximum absolute atomic E-state index is 10.9. The maximum Gasteiger partial charge on any atom is 0.339 e. The molecule has 5 nitrogen and oxygen atoms in total. The molecule has 0 saturated heterocycles. The molecular weight excluding hydrogens is 220 g/mol. The van der Waals surface area contributed by atoms with Crippen LogP contribution in [0.5, 0.6) is 5.75 Å². The first kappa shape index (κ1) is 13.3. The number of carboxylic acid groups (broad SMARTS) is 1. The van der Waals surface area contributed by atoms with Crippen molar-refractivity contribution in [2.24, 2.45) is 0 Å². The van der Waals surface area contributed by atoms with Gasteiger partial charge in [0.2, 0.25) is 0 Å². The molecule has 1 aromatic rings. The van der Waals surface area contributed by atoms with Crippen LogP contribution in [-0.4, -0.2) is 43.2 Å². The second-order valence-electron chi connectivity index (χ2n) is 4.07. The Bertz CT molecular complexity index is 391. The van der Waals surface area contributed by atoms with E-state index in [4.69, 9.17) is 15.6 Å². The minimum absolute atomic E-state index is 0.143. The van der Waals surface area contributed by atoms with Gasteiger partial charge in [-0.1, -0.05) is 0 Å². The van der Waals surface area contributed by atoms with E-state index in [1.54, 1.807) is 12.1 Å². The number of ether oxygens (including phenoxy) is 1. The highest BCUT2D eigenvalue weighted by Crippen LogP contribution is 2.21. The van der Waals surface area contributed by atoms with Gasteiger partial charge in [-0.05, 0) is 32.6 Å². The van der Waals surface area contributed by atoms with Crippen molar-refractivity contribution in [1.29, 1.82) is 0 Å². The highest BCUT2D eigenvalue weighted by molar-refractivity contribution is 5.91. The highest BCUT2D eigenvalue weighted by Gasteiger charge is 2.11. The molecule has 0 aromatic heterocycles. The van der Waals surface area contributed by atoms with Crippen molar-refractivity contribution in [3.05, 3.63) is 23.8 Å². The predicted octanol–water partition coefficient (Wildman–Crippen LogP) is 1.30. The van der Waals surface area contributed by atoms with Crippen LogP contribution >= 0.6 is 0 Å². The average molecular weight is 238 g/mol. The lowest BCUT2D eigenvalue weighted by Gasteiger charge is -2.12. The van der Waals surface area contributed by atoms with Gasteiger partial charge in [-0.2, -0.15) is 0 Å². The van der Waals surface area contributed by atoms with Crippen molar-refractivity contribution in [3.8, 4) is 5.75 Å². The monoisotopic (exact) mass is 238 g/mol. The third kappa shape index (κ3) is 4.32. The molecule has 0 atom stereocenters. The first-order valence-electron chi connectivity index (χ1n) is 5.41. The minimum Gasteiger partial charge on any atom is -0.493 e. The number of hydrogen-bond acceptors (Lipinski definition) is 4. The standard InChI is InChI=1S/C12H18N2O3/c1-14(2)6-3-7-17-11-8-9(13)4-5-10(11)12(15)16/h4-5,8H,3,6-7,13H2,1-2H3,(H,15,16). The van der Waals surface area contributed by atoms with Crippen LogP contribution in [0.2, 0.25) is 0 Å². The van der Waals surface area contributed by atoms with Crippen LogP contribution in [-0.2, 0) is 0 Å². The van der Waals surface area contributed by atoms with Gasteiger partial charge in [0.05, 0.1) is 6.61 Å². The SMILES string of the molecule is CN(C)CCCOc1cc(N)ccc1C(=O)O. The number of benzene rings is 1. The van der Waals surface area contributed by atoms with Gasteiger partial charge < -0.3 is 20.5 Å². The summed E-state index contributed by atoms with van der Waals surface area (Å²) >= 11 is 0. The van der Waals surface area contributed by atoms with Gasteiger partial charge in [-0.25, -0.2) is 4.79 Å². The van der Waals surface area contributed by atoms with Gasteiger partial charge in [0.1, 0.15) is 11.3 Å². The number of nitrogen functional groups attached to an aromatic ring is 1. The molecule has 94 valence electrons. The minimum atomic E-state index is -1.01. The van der Waals surface area contributed by atoms with E-state index in [1.165, 1.54) is 6.07 Å². The van der Waals surface area contributed by atoms with Gasteiger partial charge in [0.15, 0.2) is 0 Å². The van der Waals surface area contributed by atoms with Gasteiger partial charge in [-0.3, -0.25) is 0 Å². The Morgan fingerprint density at radius 2 is 2.18 bits per heavy atom. The smallest absolute Gasteiger partial charge is 0.339 e. The molecule has 0 saturated carbocycles. The molecule has 0 amide bonds. The quantitative estimate of drug-likeness (QED) is 0.577. The fraction of sp³-hybridized carbons (Fsp3) is 0.417. The number of hydrogen-bond donors (Lipinski definition) is 2. The van der Waals surface area contributed by atoms with Gasteiger partial charge in [0.25, 0.3) is 0 Å². The van der Waals surface area contributed by atoms with Crippen molar-refractivity contribution in [2.45, 2.75) is 6.42 Å². The molecule has 0 heterocycles. The molecule has 0 bridgehead atoms. The molecule has 0 unspecified atom stereocenters. The van der Waals surface area contributed by atoms with E-state index in [2.05, 4.69) is 0 Å². The summed E-state index contributed by atoms with van der Waals surface area (Å²) in [5.41, 5.74) is 6.24. The molecule has 0 spiro atoms. The molecule has 0 radical (unpaired) electrons. The third-order valence-corrected chi connectivity index (χ3v) is 2.24. The Balaban J connectivity index is 2.62. The number of carbonyl (C=O) groups is 1. The first-order valence-corrected chi connectivity index (χ1v) is 5.41. The highest BCUT2D eigenvalue weighted by atomic mass is 16.5. The normalized spacial score (nSPS) is 10.5. The second kappa shape index (κ2) is 6.10. The number of nitrogens with zero attached hydrogens (tertiary/aromatic N) is 1. The zero-order valence-electron chi connectivity index (χ0n) is 10.1. The molecule has 1 aromatic carbocycles. The Morgan fingerprint density at radius 1 is 1.47 bits per heavy atom. The fourth-order valence-electron chi connectivity index (χ4n) is 1.40. The van der Waals surface area contributed by atoms with E-state index in [0.29, 0.717) is 18.0 Å². The summed E-state index contributed by atoms with van der Waals surface area (Å²) in [6, 6.07) is 4.55. The summed E-state index contributed by atoms with van der Waals surface area (Å²) in [4.78, 5) is 13.0. The first-order chi connectivity index (χ1) is 8.00. The summed E-state index contributed by atoms with van der Waals surface area (Å²) in [5.74, 6) is -0.677. The van der Waals surface area contributed by atoms with Gasteiger partial charge in [-0.15, -0.1) is 0 Å². The zero-order chi connectivity index (χ0) is 12.8. The molecule has 17 heavy (non-hydrogen) atoms. The van der Waals surface area contributed by atoms with Crippen LogP contribution in [0.1, 0.15) is 16.8 Å². The summed E-state index contributed by atoms with van der Waals surface area (Å²) in [7, 11) is 3.95. The number of aromatic carboxylic acids is 1. The van der Waals surface area contributed by atoms with Crippen molar-refractivity contribution in [2.75, 3.05) is 33.0 Å². The summed E-state index contributed by atoms with van der Waals surface area (Å²) in [6.45, 7) is 1.37. The molecule has 0 aliphatic carbocycles. The lowest BCUT2D eigenvalue weighted by molar-refractivity contribution is 0.0692. The molecule has 3 N–H and O–H groups in total. The fourth-order valence-corrected chi connectivity index (χ4v) is 1.40. The number of anilines is 1. The topological polar surface area (TPSA) is 75.8 Å². The van der Waals surface area contributed by atoms with E-state index in [9.17, 15) is 4.79 Å². The molecule has 0 fully saturated rings. The predicted molar refractivity (Wildman–Crippen MR) is 66.5 cm³/mol. The zero-order valence-corrected chi connectivity index (χ0v) is 10.1. The van der Waals surface area contributed by atoms with E-state index >= 15 is 0 Å². The van der Waals surface area contributed by atoms with Gasteiger partial charge in [0, 0.05) is 18.3 Å². The second-order valence-corrected chi connectivity index (χ2v) is 4.07. The van der Waals surface area contributed by atoms with E-state index < -0.39 is 5.97 Å². The Hall–Kier alpha value is -1.75. The lowest BCUT2D eigenvalue weighted by atomic mass is 10.2. The lowest BCUT2D eigenvalue weighted by Crippen LogP contribution is -2.16. The van der Waals surface area contributed by atoms with Crippen LogP contribution in [0, 0.1) is 0 Å². The van der Waals surface area contributed by atoms with Crippen LogP contribution < -0.4 is 10.5 Å². The number of nitrogens with two attached hydrogens (primary N) is 1. The largest absolute Gasteiger partial charge is 0.493 e. The molecule has 5 heteroatoms. The average Bonchev–Trinajstić information content (AvgIpc) is 2.23. The summed E-state index contributed by atoms with van der Waals surface area (Å²) in [5, 5.41) is 8.97. The number of rotatable bonds is 6. The van der Waals surface area contributed by atoms with Crippen molar-refractivity contribution < 1.29 is 14.6 Å². The molecular formula is C12H18N2O3. The Morgan fingerprint density at radius 3 is 2.76 bits per heavy atom. The van der Waals surface area contributed by atoms with Gasteiger partial charge >= 0.3 is 5.97 Å². The van der Waals surface area contributed by atoms with Crippen molar-refractivity contribution in [3.63, 3.8) is 0 Å². The van der Waals surface area contributed by atoms with Crippen molar-refractivity contribution in [1.82, 2.24) is 4.90 Å². The van der Waals surface area contributed by atoms with E-state index in [-0.39, 0.29) is 5.56 Å². The Labute approximate surface area is 101 Å². The number of carboxylic acids is 1. The molecule has 1 rings (SSSR count). The van der Waals surface area contributed by atoms with E-state index in [0.717, 1.165) is 13.0 Å². The van der Waals surface area contributed by atoms with E-state index in [1.807, 2.05) is 19.0 Å². The summed E-state index contributed by atoms with van der Waals surface area (Å²) < 4.78 is 5.44. The third-order valence-electron chi connectivity index (χ3n) is 2.24. The Kier molecular flexibility index (Phi) is 4.78.